The lowest BCUT2D eigenvalue weighted by Gasteiger charge is -2.52. The van der Waals surface area contributed by atoms with Crippen LogP contribution in [0, 0.1) is 16.2 Å². The van der Waals surface area contributed by atoms with Gasteiger partial charge in [-0.15, -0.1) is 12.4 Å². The Morgan fingerprint density at radius 1 is 0.532 bits per heavy atom. The van der Waals surface area contributed by atoms with E-state index in [1.807, 2.05) is 82.8 Å². The van der Waals surface area contributed by atoms with Crippen molar-refractivity contribution in [3.05, 3.63) is 86.1 Å². The Morgan fingerprint density at radius 3 is 1.17 bits per heavy atom. The monoisotopic (exact) mass is 1530 g/mol. The smallest absolute Gasteiger partial charge is 0.410 e. The summed E-state index contributed by atoms with van der Waals surface area (Å²) in [6, 6.07) is 15.9. The summed E-state index contributed by atoms with van der Waals surface area (Å²) >= 11 is 0. The summed E-state index contributed by atoms with van der Waals surface area (Å²) in [5.41, 5.74) is 12.0. The number of ketones is 7. The lowest BCUT2D eigenvalue weighted by molar-refractivity contribution is -0.136. The summed E-state index contributed by atoms with van der Waals surface area (Å²) in [7, 11) is 10.3. The third-order valence-electron chi connectivity index (χ3n) is 22.8. The van der Waals surface area contributed by atoms with Crippen molar-refractivity contribution in [2.75, 3.05) is 55.6 Å². The van der Waals surface area contributed by atoms with Crippen molar-refractivity contribution >= 4 is 131 Å². The highest BCUT2D eigenvalue weighted by atomic mass is 35.5. The number of halogens is 1. The van der Waals surface area contributed by atoms with Crippen LogP contribution in [0.3, 0.4) is 0 Å². The first-order chi connectivity index (χ1) is 51.1. The molecule has 3 aromatic heterocycles. The van der Waals surface area contributed by atoms with Crippen LogP contribution in [0.1, 0.15) is 225 Å². The molecular formula is C80H116B2ClN12O14. The quantitative estimate of drug-likeness (QED) is 0.0655. The van der Waals surface area contributed by atoms with E-state index >= 15 is 0 Å². The number of fused-ring (bicyclic) bond motifs is 3. The molecule has 3 radical (unpaired) electrons. The molecule has 6 saturated carbocycles. The zero-order valence-corrected chi connectivity index (χ0v) is 64.6. The number of carbonyl (C=O) groups excluding carboxylic acids is 9. The Hall–Kier alpha value is -8.52. The van der Waals surface area contributed by atoms with Gasteiger partial charge < -0.3 is 41.0 Å². The van der Waals surface area contributed by atoms with Crippen LogP contribution in [-0.2, 0) is 64.2 Å². The van der Waals surface area contributed by atoms with E-state index in [2.05, 4.69) is 23.7 Å². The normalized spacial score (nSPS) is 22.2. The number of rotatable bonds is 7. The Morgan fingerprint density at radius 2 is 0.844 bits per heavy atom. The van der Waals surface area contributed by atoms with Crippen molar-refractivity contribution in [1.82, 2.24) is 42.5 Å². The van der Waals surface area contributed by atoms with E-state index in [1.54, 1.807) is 69.4 Å². The highest BCUT2D eigenvalue weighted by Crippen LogP contribution is 2.52. The largest absolute Gasteiger partial charge is 0.444 e. The third kappa shape index (κ3) is 19.1. The number of carbonyl (C=O) groups is 9. The molecule has 6 aliphatic carbocycles. The standard InChI is InChI=1S/C27H36N4O5.C22H28N4O3.C14H15N3O3.C13H21NO3.C2H6.2CH4.B2H.ClH/c1-26(2,3)36-25(35)30-12-10-27(11-13-30)15-17(16-27)28-19-6-5-7-21-23(19)29(4)24(34)31(21)20-9-8-18(32)14-22(20)33;1-25-20-16(24-14-12-22(13-14)7-9-23-10-8-22)3-2-4-18(20)26(21(25)29)17-6-5-15(27)11-19(17)28;1-16-13-9(15)3-2-4-11(13)17(14(16)20)10-6-5-8(18)7-12(10)19;1-12(2,3)17-11(16)14-6-4-13(5-7-14)8-10(15)9-13;1-2;;;1-2;/h5-7,17,20,28H,8-16H2,1-4H3;2-4,14,17,23-24H,5-13H2,1H3;2-4,10H,5-7,15H2,1H3;4-9H2,1-3H3;1-2H3;2*1H4;1H;1H/i;;;;1D;;;1D;. The number of imidazole rings is 3. The number of nitrogens with two attached hydrogens (primary N) is 1. The number of anilines is 3. The lowest BCUT2D eigenvalue weighted by Crippen LogP contribution is -2.53. The molecule has 2 amide bonds. The van der Waals surface area contributed by atoms with Crippen molar-refractivity contribution < 1.29 is 54.0 Å². The SMILES string of the molecule is C.C.CC(C)(C)OC(=O)N1CCC2(CC1)CC(=O)C2.Cl.Cn1c(=O)n(C2CCC(=O)CC2=O)c2cccc(N)c21.Cn1c(=O)n(C2CCC(=O)CC2=O)c2cccc(NC3CC4(CCN(C(=O)OC(C)(C)C)CC4)C3)c21.Cn1c(=O)n(C2CCC(=O)CC2=O)c2cccc(NC3CC4(CCNCC4)C3)c21.[2H]CC.[2H][B][B]. The number of piperidine rings is 3. The highest BCUT2D eigenvalue weighted by Gasteiger charge is 2.49. The summed E-state index contributed by atoms with van der Waals surface area (Å²) in [5, 5.41) is 10.7. The number of nitrogens with zero attached hydrogens (tertiary/aromatic N) is 8. The maximum absolute atomic E-state index is 13.2. The average molecular weight is 1530 g/mol. The minimum atomic E-state index is -0.587. The summed E-state index contributed by atoms with van der Waals surface area (Å²) in [5.74, 6) is -0.298. The molecule has 15 rings (SSSR count). The van der Waals surface area contributed by atoms with Crippen LogP contribution in [0.5, 0.6) is 0 Å². The number of ether oxygens (including phenoxy) is 2. The number of aryl methyl sites for hydroxylation is 3. The van der Waals surface area contributed by atoms with Crippen molar-refractivity contribution in [2.45, 2.75) is 246 Å². The van der Waals surface area contributed by atoms with Crippen LogP contribution >= 0.6 is 12.4 Å². The second-order valence-corrected chi connectivity index (χ2v) is 32.5. The molecule has 593 valence electrons. The Bertz CT molecular complexity index is 4570. The third-order valence-corrected chi connectivity index (χ3v) is 22.8. The van der Waals surface area contributed by atoms with Gasteiger partial charge in [-0.1, -0.05) is 46.9 Å². The van der Waals surface area contributed by atoms with E-state index < -0.39 is 29.3 Å². The minimum absolute atomic E-state index is 0. The first-order valence-electron chi connectivity index (χ1n) is 38.8. The molecule has 5 N–H and O–H groups in total. The van der Waals surface area contributed by atoms with Crippen molar-refractivity contribution in [2.24, 2.45) is 37.4 Å². The fourth-order valence-electron chi connectivity index (χ4n) is 17.4. The Kier molecular flexibility index (Phi) is 27.6. The van der Waals surface area contributed by atoms with Crippen molar-refractivity contribution in [1.29, 1.82) is 1.34 Å². The number of hydrogen-bond donors (Lipinski definition) is 4. The minimum Gasteiger partial charge on any atom is -0.444 e. The van der Waals surface area contributed by atoms with Crippen molar-refractivity contribution in [3.8, 4) is 0 Å². The molecular weight excluding hydrogens is 1410 g/mol. The van der Waals surface area contributed by atoms with E-state index in [0.717, 1.165) is 119 Å². The van der Waals surface area contributed by atoms with Gasteiger partial charge in [0.25, 0.3) is 0 Å². The molecule has 6 heterocycles. The first kappa shape index (κ1) is 84.5. The second kappa shape index (κ2) is 35.7. The van der Waals surface area contributed by atoms with Gasteiger partial charge in [-0.25, -0.2) is 24.0 Å². The molecule has 29 heteroatoms. The molecule has 3 saturated heterocycles. The number of para-hydroxylation sites is 3. The van der Waals surface area contributed by atoms with Crippen LogP contribution in [0.25, 0.3) is 33.1 Å². The van der Waals surface area contributed by atoms with Crippen LogP contribution in [0.4, 0.5) is 26.7 Å². The molecule has 109 heavy (non-hydrogen) atoms. The fraction of sp³-hybridized carbons (Fsp3) is 0.625. The van der Waals surface area contributed by atoms with Crippen LogP contribution in [0.15, 0.2) is 69.0 Å². The van der Waals surface area contributed by atoms with Gasteiger partial charge in [-0.2, -0.15) is 0 Å². The summed E-state index contributed by atoms with van der Waals surface area (Å²) < 4.78 is 32.3. The second-order valence-electron chi connectivity index (χ2n) is 32.5. The molecule has 26 nitrogen and oxygen atoms in total. The summed E-state index contributed by atoms with van der Waals surface area (Å²) in [6.07, 6.45) is 13.6. The number of amides is 2. The van der Waals surface area contributed by atoms with Gasteiger partial charge in [-0.05, 0) is 192 Å². The van der Waals surface area contributed by atoms with E-state index in [1.165, 1.54) is 34.8 Å². The van der Waals surface area contributed by atoms with E-state index in [-0.39, 0.29) is 127 Å². The van der Waals surface area contributed by atoms with Gasteiger partial charge in [0, 0.05) is 108 Å². The average Bonchev–Trinajstić information content (AvgIpc) is 1.61. The predicted molar refractivity (Wildman–Crippen MR) is 431 cm³/mol. The number of aromatic nitrogens is 6. The van der Waals surface area contributed by atoms with Gasteiger partial charge in [0.05, 0.1) is 87.6 Å². The molecule has 0 bridgehead atoms. The van der Waals surface area contributed by atoms with Gasteiger partial charge >= 0.3 is 29.3 Å². The predicted octanol–water partition coefficient (Wildman–Crippen LogP) is 10.8. The zero-order valence-electron chi connectivity index (χ0n) is 65.8. The number of likely N-dealkylation sites (tertiary alicyclic amines) is 2. The first-order valence-corrected chi connectivity index (χ1v) is 37.5. The topological polar surface area (TPSA) is 321 Å². The van der Waals surface area contributed by atoms with Gasteiger partial charge in [0.1, 0.15) is 34.3 Å². The van der Waals surface area contributed by atoms with E-state index in [0.29, 0.717) is 92.5 Å². The van der Waals surface area contributed by atoms with Crippen molar-refractivity contribution in [3.63, 3.8) is 0 Å². The summed E-state index contributed by atoms with van der Waals surface area (Å²) in [6.45, 7) is 18.7. The van der Waals surface area contributed by atoms with Crippen LogP contribution < -0.4 is 38.8 Å². The highest BCUT2D eigenvalue weighted by molar-refractivity contribution is 6.75. The van der Waals surface area contributed by atoms with E-state index in [4.69, 9.17) is 17.9 Å². The van der Waals surface area contributed by atoms with Crippen LogP contribution in [0.2, 0.25) is 0 Å². The lowest BCUT2D eigenvalue weighted by atomic mass is 9.60. The number of nitrogen functional groups attached to an aromatic ring is 1. The molecule has 3 spiro atoms. The number of benzene rings is 3. The fourth-order valence-corrected chi connectivity index (χ4v) is 17.4. The van der Waals surface area contributed by atoms with Gasteiger partial charge in [-0.3, -0.25) is 61.0 Å². The molecule has 3 aromatic carbocycles. The summed E-state index contributed by atoms with van der Waals surface area (Å²) in [4.78, 5) is 149. The van der Waals surface area contributed by atoms with Crippen LogP contribution in [-0.4, -0.2) is 169 Å². The van der Waals surface area contributed by atoms with E-state index in [9.17, 15) is 57.5 Å². The number of hydrogen-bond acceptors (Lipinski definition) is 18. The number of Topliss-reactive ketones (excluding diaryl/α,β-unsaturated/α-hetero) is 7. The zero-order chi connectivity index (χ0) is 78.5. The molecule has 3 unspecified atom stereocenters. The maximum Gasteiger partial charge on any atom is 0.410 e. The molecule has 3 aliphatic heterocycles. The Balaban J connectivity index is 0.000000206. The van der Waals surface area contributed by atoms with Gasteiger partial charge in [0.2, 0.25) is 0 Å². The molecule has 3 atom stereocenters. The number of nitrogens with one attached hydrogen (secondary N) is 3. The Labute approximate surface area is 651 Å². The molecule has 9 fully saturated rings. The maximum atomic E-state index is 13.2. The van der Waals surface area contributed by atoms with Gasteiger partial charge in [0.15, 0.2) is 17.3 Å². The molecule has 6 aromatic rings. The molecule has 9 aliphatic rings.